The molecule has 1 fully saturated rings. The Labute approximate surface area is 119 Å². The Morgan fingerprint density at radius 1 is 1.33 bits per heavy atom. The van der Waals surface area contributed by atoms with E-state index in [-0.39, 0.29) is 0 Å². The van der Waals surface area contributed by atoms with Crippen molar-refractivity contribution in [2.75, 3.05) is 18.0 Å². The van der Waals surface area contributed by atoms with Crippen molar-refractivity contribution in [1.29, 1.82) is 0 Å². The molecular weight excluding hydrogens is 269 g/mol. The number of hydrogen-bond donors (Lipinski definition) is 0. The molecule has 18 heavy (non-hydrogen) atoms. The first-order chi connectivity index (χ1) is 8.65. The molecule has 1 aromatic rings. The predicted octanol–water partition coefficient (Wildman–Crippen LogP) is 3.89. The summed E-state index contributed by atoms with van der Waals surface area (Å²) in [6.45, 7) is 6.60. The molecule has 0 spiro atoms. The van der Waals surface area contributed by atoms with Gasteiger partial charge in [0.05, 0.1) is 5.88 Å². The Balaban J connectivity index is 2.27. The topological polar surface area (TPSA) is 29.0 Å². The number of anilines is 1. The molecule has 1 aliphatic rings. The van der Waals surface area contributed by atoms with E-state index in [0.717, 1.165) is 24.5 Å². The van der Waals surface area contributed by atoms with Crippen LogP contribution in [0.5, 0.6) is 0 Å². The van der Waals surface area contributed by atoms with Gasteiger partial charge in [0.1, 0.15) is 17.3 Å². The first kappa shape index (κ1) is 13.9. The Bertz CT molecular complexity index is 419. The van der Waals surface area contributed by atoms with E-state index in [1.165, 1.54) is 25.6 Å². The zero-order chi connectivity index (χ0) is 13.2. The summed E-state index contributed by atoms with van der Waals surface area (Å²) in [6.07, 6.45) is 5.14. The molecule has 1 saturated heterocycles. The van der Waals surface area contributed by atoms with Crippen molar-refractivity contribution in [3.63, 3.8) is 0 Å². The molecule has 0 bridgehead atoms. The summed E-state index contributed by atoms with van der Waals surface area (Å²) in [5, 5.41) is 0.473. The van der Waals surface area contributed by atoms with Crippen LogP contribution in [0, 0.1) is 5.41 Å². The molecule has 0 N–H and O–H groups in total. The molecule has 5 heteroatoms. The molecule has 0 amide bonds. The SMILES string of the molecule is CCC1(CC)CCN(c2ncnc(Cl)c2CCl)C1. The predicted molar refractivity (Wildman–Crippen MR) is 76.4 cm³/mol. The van der Waals surface area contributed by atoms with Crippen LogP contribution >= 0.6 is 23.2 Å². The van der Waals surface area contributed by atoms with E-state index in [0.29, 0.717) is 16.4 Å². The van der Waals surface area contributed by atoms with Crippen LogP contribution in [0.15, 0.2) is 6.33 Å². The quantitative estimate of drug-likeness (QED) is 0.622. The fourth-order valence-electron chi connectivity index (χ4n) is 2.71. The minimum absolute atomic E-state index is 0.358. The van der Waals surface area contributed by atoms with E-state index >= 15 is 0 Å². The Morgan fingerprint density at radius 2 is 2.06 bits per heavy atom. The maximum absolute atomic E-state index is 6.08. The van der Waals surface area contributed by atoms with Crippen LogP contribution in [0.25, 0.3) is 0 Å². The van der Waals surface area contributed by atoms with E-state index in [9.17, 15) is 0 Å². The van der Waals surface area contributed by atoms with Crippen LogP contribution in [0.2, 0.25) is 5.15 Å². The molecule has 0 unspecified atom stereocenters. The van der Waals surface area contributed by atoms with Gasteiger partial charge in [-0.3, -0.25) is 0 Å². The van der Waals surface area contributed by atoms with Gasteiger partial charge in [0.25, 0.3) is 0 Å². The van der Waals surface area contributed by atoms with Crippen LogP contribution in [-0.4, -0.2) is 23.1 Å². The Kier molecular flexibility index (Phi) is 4.33. The van der Waals surface area contributed by atoms with Crippen LogP contribution < -0.4 is 4.90 Å². The molecule has 0 aromatic carbocycles. The zero-order valence-corrected chi connectivity index (χ0v) is 12.4. The highest BCUT2D eigenvalue weighted by Gasteiger charge is 2.36. The van der Waals surface area contributed by atoms with Crippen molar-refractivity contribution in [3.05, 3.63) is 17.0 Å². The zero-order valence-electron chi connectivity index (χ0n) is 10.9. The molecule has 1 aliphatic heterocycles. The maximum atomic E-state index is 6.08. The molecule has 0 atom stereocenters. The minimum atomic E-state index is 0.358. The number of nitrogens with zero attached hydrogens (tertiary/aromatic N) is 3. The summed E-state index contributed by atoms with van der Waals surface area (Å²) < 4.78 is 0. The second-order valence-electron chi connectivity index (χ2n) is 4.98. The molecule has 2 heterocycles. The average Bonchev–Trinajstić information content (AvgIpc) is 2.83. The lowest BCUT2D eigenvalue weighted by Crippen LogP contribution is -2.27. The third kappa shape index (κ3) is 2.43. The molecule has 0 radical (unpaired) electrons. The minimum Gasteiger partial charge on any atom is -0.356 e. The van der Waals surface area contributed by atoms with E-state index in [4.69, 9.17) is 23.2 Å². The lowest BCUT2D eigenvalue weighted by molar-refractivity contribution is 0.301. The molecule has 1 aromatic heterocycles. The Hall–Kier alpha value is -0.540. The summed E-state index contributed by atoms with van der Waals surface area (Å²) in [5.41, 5.74) is 1.27. The monoisotopic (exact) mass is 287 g/mol. The summed E-state index contributed by atoms with van der Waals surface area (Å²) in [4.78, 5) is 10.7. The van der Waals surface area contributed by atoms with Gasteiger partial charge in [0.15, 0.2) is 0 Å². The third-order valence-corrected chi connectivity index (χ3v) is 4.83. The fourth-order valence-corrected chi connectivity index (χ4v) is 3.22. The second kappa shape index (κ2) is 5.62. The van der Waals surface area contributed by atoms with Crippen molar-refractivity contribution >= 4 is 29.0 Å². The molecule has 0 aliphatic carbocycles. The molecule has 0 saturated carbocycles. The number of rotatable bonds is 4. The number of halogens is 2. The standard InChI is InChI=1S/C13H19Cl2N3/c1-3-13(4-2)5-6-18(8-13)12-10(7-14)11(15)16-9-17-12/h9H,3-8H2,1-2H3. The lowest BCUT2D eigenvalue weighted by atomic mass is 9.82. The summed E-state index contributed by atoms with van der Waals surface area (Å²) >= 11 is 12.0. The van der Waals surface area contributed by atoms with Gasteiger partial charge in [-0.25, -0.2) is 9.97 Å². The first-order valence-electron chi connectivity index (χ1n) is 6.46. The van der Waals surface area contributed by atoms with Gasteiger partial charge in [0.2, 0.25) is 0 Å². The molecule has 2 rings (SSSR count). The third-order valence-electron chi connectivity index (χ3n) is 4.24. The summed E-state index contributed by atoms with van der Waals surface area (Å²) in [6, 6.07) is 0. The van der Waals surface area contributed by atoms with Crippen molar-refractivity contribution in [2.24, 2.45) is 5.41 Å². The van der Waals surface area contributed by atoms with E-state index in [2.05, 4.69) is 28.7 Å². The smallest absolute Gasteiger partial charge is 0.138 e. The van der Waals surface area contributed by atoms with Gasteiger partial charge in [-0.05, 0) is 24.7 Å². The number of aromatic nitrogens is 2. The number of alkyl halides is 1. The van der Waals surface area contributed by atoms with E-state index in [1.807, 2.05) is 0 Å². The first-order valence-corrected chi connectivity index (χ1v) is 7.37. The molecule has 3 nitrogen and oxygen atoms in total. The summed E-state index contributed by atoms with van der Waals surface area (Å²) in [5.74, 6) is 1.27. The number of hydrogen-bond acceptors (Lipinski definition) is 3. The van der Waals surface area contributed by atoms with Crippen molar-refractivity contribution in [2.45, 2.75) is 39.0 Å². The highest BCUT2D eigenvalue weighted by molar-refractivity contribution is 6.31. The lowest BCUT2D eigenvalue weighted by Gasteiger charge is -2.27. The van der Waals surface area contributed by atoms with Crippen molar-refractivity contribution < 1.29 is 0 Å². The molecule has 100 valence electrons. The van der Waals surface area contributed by atoms with Crippen LogP contribution in [0.1, 0.15) is 38.7 Å². The largest absolute Gasteiger partial charge is 0.356 e. The van der Waals surface area contributed by atoms with Gasteiger partial charge in [-0.1, -0.05) is 25.4 Å². The Morgan fingerprint density at radius 3 is 2.61 bits per heavy atom. The van der Waals surface area contributed by atoms with Gasteiger partial charge in [-0.2, -0.15) is 0 Å². The van der Waals surface area contributed by atoms with Crippen molar-refractivity contribution in [1.82, 2.24) is 9.97 Å². The van der Waals surface area contributed by atoms with E-state index in [1.54, 1.807) is 0 Å². The van der Waals surface area contributed by atoms with Gasteiger partial charge in [-0.15, -0.1) is 11.6 Å². The van der Waals surface area contributed by atoms with Crippen LogP contribution in [0.3, 0.4) is 0 Å². The van der Waals surface area contributed by atoms with Gasteiger partial charge in [0, 0.05) is 18.7 Å². The van der Waals surface area contributed by atoms with E-state index < -0.39 is 0 Å². The fraction of sp³-hybridized carbons (Fsp3) is 0.692. The van der Waals surface area contributed by atoms with Crippen molar-refractivity contribution in [3.8, 4) is 0 Å². The molecular formula is C13H19Cl2N3. The highest BCUT2D eigenvalue weighted by atomic mass is 35.5. The van der Waals surface area contributed by atoms with Gasteiger partial charge >= 0.3 is 0 Å². The maximum Gasteiger partial charge on any atom is 0.138 e. The normalized spacial score (nSPS) is 18.3. The van der Waals surface area contributed by atoms with Crippen LogP contribution in [-0.2, 0) is 5.88 Å². The second-order valence-corrected chi connectivity index (χ2v) is 5.60. The average molecular weight is 288 g/mol. The highest BCUT2D eigenvalue weighted by Crippen LogP contribution is 2.40. The van der Waals surface area contributed by atoms with Gasteiger partial charge < -0.3 is 4.90 Å². The van der Waals surface area contributed by atoms with Crippen LogP contribution in [0.4, 0.5) is 5.82 Å². The summed E-state index contributed by atoms with van der Waals surface area (Å²) in [7, 11) is 0.